The van der Waals surface area contributed by atoms with Gasteiger partial charge < -0.3 is 4.90 Å². The van der Waals surface area contributed by atoms with Crippen molar-refractivity contribution >= 4 is 22.7 Å². The van der Waals surface area contributed by atoms with Crippen LogP contribution in [-0.2, 0) is 6.54 Å². The van der Waals surface area contributed by atoms with E-state index >= 15 is 0 Å². The fourth-order valence-corrected chi connectivity index (χ4v) is 3.24. The quantitative estimate of drug-likeness (QED) is 0.316. The lowest BCUT2D eigenvalue weighted by Gasteiger charge is -2.25. The minimum Gasteiger partial charge on any atom is -0.311 e. The Balaban J connectivity index is 1.55. The molecule has 0 aromatic heterocycles. The van der Waals surface area contributed by atoms with Crippen LogP contribution in [-0.4, -0.2) is 0 Å². The Morgan fingerprint density at radius 2 is 1.21 bits per heavy atom. The van der Waals surface area contributed by atoms with Crippen LogP contribution in [0.3, 0.4) is 0 Å². The molecule has 29 heavy (non-hydrogen) atoms. The summed E-state index contributed by atoms with van der Waals surface area (Å²) in [6.07, 6.45) is 0. The van der Waals surface area contributed by atoms with Gasteiger partial charge in [-0.3, -0.25) is 0 Å². The predicted molar refractivity (Wildman–Crippen MR) is 121 cm³/mol. The second-order valence-electron chi connectivity index (χ2n) is 6.91. The van der Waals surface area contributed by atoms with Gasteiger partial charge in [-0.2, -0.15) is 10.2 Å². The van der Waals surface area contributed by atoms with E-state index in [1.54, 1.807) is 0 Å². The van der Waals surface area contributed by atoms with Crippen LogP contribution in [0.2, 0.25) is 0 Å². The highest BCUT2D eigenvalue weighted by Gasteiger charge is 2.11. The van der Waals surface area contributed by atoms with Crippen molar-refractivity contribution in [2.75, 3.05) is 4.90 Å². The van der Waals surface area contributed by atoms with Crippen molar-refractivity contribution in [2.45, 2.75) is 13.5 Å². The zero-order valence-corrected chi connectivity index (χ0v) is 16.4. The number of azo groups is 1. The number of benzene rings is 4. The summed E-state index contributed by atoms with van der Waals surface area (Å²) in [6, 6.07) is 37.4. The van der Waals surface area contributed by atoms with Crippen molar-refractivity contribution in [1.82, 2.24) is 0 Å². The van der Waals surface area contributed by atoms with E-state index in [4.69, 9.17) is 0 Å². The maximum atomic E-state index is 4.36. The number of para-hydroxylation sites is 2. The summed E-state index contributed by atoms with van der Waals surface area (Å²) in [4.78, 5) is 2.25. The van der Waals surface area contributed by atoms with Crippen molar-refractivity contribution in [1.29, 1.82) is 0 Å². The van der Waals surface area contributed by atoms with Gasteiger partial charge in [0.15, 0.2) is 0 Å². The molecule has 0 aliphatic carbocycles. The molecule has 4 aromatic carbocycles. The lowest BCUT2D eigenvalue weighted by molar-refractivity contribution is 0.958. The molecular formula is C26H23N3. The maximum absolute atomic E-state index is 4.36. The average Bonchev–Trinajstić information content (AvgIpc) is 2.77. The van der Waals surface area contributed by atoms with Crippen LogP contribution >= 0.6 is 0 Å². The second kappa shape index (κ2) is 8.98. The first-order valence-electron chi connectivity index (χ1n) is 9.73. The van der Waals surface area contributed by atoms with Crippen LogP contribution in [0.15, 0.2) is 119 Å². The molecule has 0 bridgehead atoms. The molecule has 0 heterocycles. The van der Waals surface area contributed by atoms with E-state index in [0.29, 0.717) is 6.54 Å². The van der Waals surface area contributed by atoms with Crippen LogP contribution < -0.4 is 4.90 Å². The zero-order chi connectivity index (χ0) is 19.9. The van der Waals surface area contributed by atoms with Crippen molar-refractivity contribution in [3.05, 3.63) is 120 Å². The summed E-state index contributed by atoms with van der Waals surface area (Å²) in [6.45, 7) is 2.62. The highest BCUT2D eigenvalue weighted by molar-refractivity contribution is 5.76. The standard InChI is InChI=1S/C26H23N3/c1-21-9-8-10-23(19-21)28-27-20-22-15-17-26(18-16-22)29(24-11-4-2-5-12-24)25-13-6-3-7-14-25/h2-19H,20H2,1H3. The van der Waals surface area contributed by atoms with Gasteiger partial charge >= 0.3 is 0 Å². The van der Waals surface area contributed by atoms with Crippen LogP contribution in [0.4, 0.5) is 22.7 Å². The molecule has 0 fully saturated rings. The van der Waals surface area contributed by atoms with Crippen molar-refractivity contribution in [3.8, 4) is 0 Å². The Morgan fingerprint density at radius 3 is 1.79 bits per heavy atom. The Hall–Kier alpha value is -3.72. The van der Waals surface area contributed by atoms with Gasteiger partial charge in [0, 0.05) is 17.1 Å². The minimum atomic E-state index is 0.560. The van der Waals surface area contributed by atoms with E-state index in [1.165, 1.54) is 5.56 Å². The maximum Gasteiger partial charge on any atom is 0.0855 e. The van der Waals surface area contributed by atoms with Crippen molar-refractivity contribution in [2.24, 2.45) is 10.2 Å². The number of anilines is 3. The molecule has 3 nitrogen and oxygen atoms in total. The molecule has 0 amide bonds. The van der Waals surface area contributed by atoms with Crippen molar-refractivity contribution < 1.29 is 0 Å². The van der Waals surface area contributed by atoms with E-state index in [2.05, 4.69) is 101 Å². The summed E-state index contributed by atoms with van der Waals surface area (Å²) in [5.74, 6) is 0. The van der Waals surface area contributed by atoms with Crippen LogP contribution in [0.25, 0.3) is 0 Å². The Kier molecular flexibility index (Phi) is 5.77. The lowest BCUT2D eigenvalue weighted by Crippen LogP contribution is -2.09. The Labute approximate surface area is 172 Å². The number of hydrogen-bond donors (Lipinski definition) is 0. The number of rotatable bonds is 6. The molecule has 0 unspecified atom stereocenters. The molecule has 0 N–H and O–H groups in total. The third-order valence-corrected chi connectivity index (χ3v) is 4.66. The molecule has 4 rings (SSSR count). The van der Waals surface area contributed by atoms with E-state index in [-0.39, 0.29) is 0 Å². The summed E-state index contributed by atoms with van der Waals surface area (Å²) >= 11 is 0. The number of nitrogens with zero attached hydrogens (tertiary/aromatic N) is 3. The largest absolute Gasteiger partial charge is 0.311 e. The van der Waals surface area contributed by atoms with Gasteiger partial charge in [-0.25, -0.2) is 0 Å². The van der Waals surface area contributed by atoms with Gasteiger partial charge in [0.05, 0.1) is 12.2 Å². The molecule has 0 radical (unpaired) electrons. The number of hydrogen-bond acceptors (Lipinski definition) is 3. The van der Waals surface area contributed by atoms with Gasteiger partial charge in [-0.1, -0.05) is 60.7 Å². The predicted octanol–water partition coefficient (Wildman–Crippen LogP) is 7.75. The minimum absolute atomic E-state index is 0.560. The molecule has 3 heteroatoms. The van der Waals surface area contributed by atoms with E-state index in [1.807, 2.05) is 30.3 Å². The normalized spacial score (nSPS) is 10.9. The van der Waals surface area contributed by atoms with E-state index in [9.17, 15) is 0 Å². The Morgan fingerprint density at radius 1 is 0.621 bits per heavy atom. The highest BCUT2D eigenvalue weighted by Crippen LogP contribution is 2.34. The van der Waals surface area contributed by atoms with Gasteiger partial charge in [-0.15, -0.1) is 0 Å². The highest BCUT2D eigenvalue weighted by atomic mass is 15.1. The first-order chi connectivity index (χ1) is 14.3. The number of aryl methyl sites for hydroxylation is 1. The monoisotopic (exact) mass is 377 g/mol. The molecule has 4 aromatic rings. The van der Waals surface area contributed by atoms with Gasteiger partial charge in [-0.05, 0) is 66.6 Å². The van der Waals surface area contributed by atoms with Crippen LogP contribution in [0.5, 0.6) is 0 Å². The molecule has 142 valence electrons. The van der Waals surface area contributed by atoms with E-state index < -0.39 is 0 Å². The van der Waals surface area contributed by atoms with Gasteiger partial charge in [0.1, 0.15) is 0 Å². The lowest BCUT2D eigenvalue weighted by atomic mass is 10.1. The first-order valence-corrected chi connectivity index (χ1v) is 9.73. The fourth-order valence-electron chi connectivity index (χ4n) is 3.24. The van der Waals surface area contributed by atoms with Crippen molar-refractivity contribution in [3.63, 3.8) is 0 Å². The molecule has 0 aliphatic rings. The summed E-state index contributed by atoms with van der Waals surface area (Å²) in [5, 5.41) is 8.68. The SMILES string of the molecule is Cc1cccc(N=NCc2ccc(N(c3ccccc3)c3ccccc3)cc2)c1. The summed E-state index contributed by atoms with van der Waals surface area (Å²) in [7, 11) is 0. The topological polar surface area (TPSA) is 28.0 Å². The van der Waals surface area contributed by atoms with Crippen LogP contribution in [0, 0.1) is 6.92 Å². The molecular weight excluding hydrogens is 354 g/mol. The molecule has 0 saturated carbocycles. The third kappa shape index (κ3) is 4.77. The molecule has 0 saturated heterocycles. The summed E-state index contributed by atoms with van der Waals surface area (Å²) in [5.41, 5.74) is 6.58. The zero-order valence-electron chi connectivity index (χ0n) is 16.4. The van der Waals surface area contributed by atoms with Gasteiger partial charge in [0.25, 0.3) is 0 Å². The average molecular weight is 377 g/mol. The molecule has 0 aliphatic heterocycles. The first kappa shape index (κ1) is 18.6. The second-order valence-corrected chi connectivity index (χ2v) is 6.91. The fraction of sp³-hybridized carbons (Fsp3) is 0.0769. The van der Waals surface area contributed by atoms with Crippen LogP contribution in [0.1, 0.15) is 11.1 Å². The third-order valence-electron chi connectivity index (χ3n) is 4.66. The molecule has 0 spiro atoms. The summed E-state index contributed by atoms with van der Waals surface area (Å²) < 4.78 is 0. The van der Waals surface area contributed by atoms with Gasteiger partial charge in [0.2, 0.25) is 0 Å². The van der Waals surface area contributed by atoms with E-state index in [0.717, 1.165) is 28.3 Å². The Bertz CT molecular complexity index is 1030. The molecule has 0 atom stereocenters. The smallest absolute Gasteiger partial charge is 0.0855 e.